The maximum atomic E-state index is 13.6. The molecule has 1 saturated heterocycles. The molecule has 1 amide bonds. The fourth-order valence-electron chi connectivity index (χ4n) is 4.34. The number of rotatable bonds is 3. The van der Waals surface area contributed by atoms with Gasteiger partial charge in [-0.2, -0.15) is 0 Å². The molecule has 2 aliphatic heterocycles. The van der Waals surface area contributed by atoms with E-state index in [1.807, 2.05) is 65.6 Å². The lowest BCUT2D eigenvalue weighted by atomic mass is 9.86. The van der Waals surface area contributed by atoms with Crippen molar-refractivity contribution in [1.29, 1.82) is 0 Å². The highest BCUT2D eigenvalue weighted by Gasteiger charge is 2.36. The highest BCUT2D eigenvalue weighted by atomic mass is 16.5. The number of amides is 1. The van der Waals surface area contributed by atoms with Crippen LogP contribution in [0.1, 0.15) is 17.0 Å². The van der Waals surface area contributed by atoms with E-state index in [2.05, 4.69) is 17.0 Å². The second kappa shape index (κ2) is 7.75. The third-order valence-corrected chi connectivity index (χ3v) is 5.96. The minimum Gasteiger partial charge on any atom is -0.497 e. The van der Waals surface area contributed by atoms with Gasteiger partial charge in [0.2, 0.25) is 5.91 Å². The lowest BCUT2D eigenvalue weighted by molar-refractivity contribution is -0.132. The predicted octanol–water partition coefficient (Wildman–Crippen LogP) is 4.28. The summed E-state index contributed by atoms with van der Waals surface area (Å²) in [6.45, 7) is 3.02. The molecule has 0 unspecified atom stereocenters. The van der Waals surface area contributed by atoms with Crippen LogP contribution in [0.25, 0.3) is 0 Å². The minimum absolute atomic E-state index is 0.146. The van der Waals surface area contributed by atoms with Crippen molar-refractivity contribution in [2.24, 2.45) is 0 Å². The van der Waals surface area contributed by atoms with Gasteiger partial charge < -0.3 is 19.3 Å². The van der Waals surface area contributed by atoms with E-state index in [-0.39, 0.29) is 11.8 Å². The number of fused-ring (bicyclic) bond motifs is 2. The molecule has 0 N–H and O–H groups in total. The van der Waals surface area contributed by atoms with Gasteiger partial charge >= 0.3 is 0 Å². The summed E-state index contributed by atoms with van der Waals surface area (Å²) in [5, 5.41) is 0. The quantitative estimate of drug-likeness (QED) is 0.658. The van der Waals surface area contributed by atoms with Crippen LogP contribution in [0, 0.1) is 0 Å². The minimum atomic E-state index is -0.321. The van der Waals surface area contributed by atoms with Crippen molar-refractivity contribution in [3.05, 3.63) is 83.9 Å². The summed E-state index contributed by atoms with van der Waals surface area (Å²) in [4.78, 5) is 17.9. The van der Waals surface area contributed by atoms with Crippen molar-refractivity contribution >= 4 is 11.6 Å². The molecule has 2 aliphatic rings. The summed E-state index contributed by atoms with van der Waals surface area (Å²) in [6.07, 6.45) is 0. The molecule has 0 aromatic heterocycles. The van der Waals surface area contributed by atoms with E-state index in [0.29, 0.717) is 13.1 Å². The Hall–Kier alpha value is -3.47. The van der Waals surface area contributed by atoms with Crippen molar-refractivity contribution in [2.45, 2.75) is 5.92 Å². The van der Waals surface area contributed by atoms with Gasteiger partial charge in [0.05, 0.1) is 13.0 Å². The third kappa shape index (κ3) is 3.26. The van der Waals surface area contributed by atoms with Crippen molar-refractivity contribution in [1.82, 2.24) is 4.90 Å². The second-order valence-corrected chi connectivity index (χ2v) is 7.62. The number of para-hydroxylation sites is 2. The Balaban J connectivity index is 1.36. The van der Waals surface area contributed by atoms with Crippen molar-refractivity contribution < 1.29 is 14.3 Å². The molecule has 3 aromatic carbocycles. The maximum absolute atomic E-state index is 13.6. The van der Waals surface area contributed by atoms with Gasteiger partial charge in [-0.3, -0.25) is 4.79 Å². The van der Waals surface area contributed by atoms with Gasteiger partial charge in [0, 0.05) is 43.0 Å². The van der Waals surface area contributed by atoms with Gasteiger partial charge in [-0.15, -0.1) is 0 Å². The zero-order valence-corrected chi connectivity index (χ0v) is 17.0. The number of carbonyl (C=O) groups is 1. The van der Waals surface area contributed by atoms with Crippen LogP contribution in [0.4, 0.5) is 5.69 Å². The molecule has 30 heavy (non-hydrogen) atoms. The summed E-state index contributed by atoms with van der Waals surface area (Å²) < 4.78 is 11.3. The van der Waals surface area contributed by atoms with E-state index < -0.39 is 0 Å². The first-order valence-electron chi connectivity index (χ1n) is 10.3. The van der Waals surface area contributed by atoms with Crippen LogP contribution < -0.4 is 14.4 Å². The smallest absolute Gasteiger partial charge is 0.234 e. The number of anilines is 1. The SMILES string of the molecule is COc1ccc(N2CCN(C(=O)C3c4ccccc4Oc4ccccc43)CC2)cc1. The third-order valence-electron chi connectivity index (χ3n) is 5.96. The van der Waals surface area contributed by atoms with Crippen LogP contribution in [0.5, 0.6) is 17.2 Å². The van der Waals surface area contributed by atoms with E-state index in [1.54, 1.807) is 7.11 Å². The summed E-state index contributed by atoms with van der Waals surface area (Å²) in [5.41, 5.74) is 3.04. The maximum Gasteiger partial charge on any atom is 0.234 e. The lowest BCUT2D eigenvalue weighted by Gasteiger charge is -2.38. The lowest BCUT2D eigenvalue weighted by Crippen LogP contribution is -2.50. The molecule has 152 valence electrons. The Morgan fingerprint density at radius 2 is 1.40 bits per heavy atom. The summed E-state index contributed by atoms with van der Waals surface area (Å²) >= 11 is 0. The number of carbonyl (C=O) groups excluding carboxylic acids is 1. The molecule has 0 radical (unpaired) electrons. The predicted molar refractivity (Wildman–Crippen MR) is 117 cm³/mol. The van der Waals surface area contributed by atoms with Crippen molar-refractivity contribution in [3.8, 4) is 17.2 Å². The van der Waals surface area contributed by atoms with Gasteiger partial charge in [-0.1, -0.05) is 36.4 Å². The molecular weight excluding hydrogens is 376 g/mol. The highest BCUT2D eigenvalue weighted by molar-refractivity contribution is 5.90. The Bertz CT molecular complexity index is 1010. The second-order valence-electron chi connectivity index (χ2n) is 7.62. The molecule has 0 atom stereocenters. The Labute approximate surface area is 176 Å². The summed E-state index contributed by atoms with van der Waals surface area (Å²) in [7, 11) is 1.67. The average molecular weight is 400 g/mol. The van der Waals surface area contributed by atoms with E-state index in [0.717, 1.165) is 47.2 Å². The summed E-state index contributed by atoms with van der Waals surface area (Å²) in [6, 6.07) is 23.8. The molecule has 0 bridgehead atoms. The number of hydrogen-bond acceptors (Lipinski definition) is 4. The van der Waals surface area contributed by atoms with Gasteiger partial charge in [0.25, 0.3) is 0 Å². The van der Waals surface area contributed by atoms with Crippen molar-refractivity contribution in [3.63, 3.8) is 0 Å². The monoisotopic (exact) mass is 400 g/mol. The van der Waals surface area contributed by atoms with Gasteiger partial charge in [0.15, 0.2) is 0 Å². The number of hydrogen-bond donors (Lipinski definition) is 0. The number of piperazine rings is 1. The molecule has 5 rings (SSSR count). The zero-order chi connectivity index (χ0) is 20.5. The Morgan fingerprint density at radius 3 is 1.97 bits per heavy atom. The fraction of sp³-hybridized carbons (Fsp3) is 0.240. The van der Waals surface area contributed by atoms with Crippen LogP contribution in [0.2, 0.25) is 0 Å². The number of methoxy groups -OCH3 is 1. The summed E-state index contributed by atoms with van der Waals surface area (Å²) in [5.74, 6) is 2.22. The van der Waals surface area contributed by atoms with E-state index in [9.17, 15) is 4.79 Å². The number of benzene rings is 3. The molecule has 1 fully saturated rings. The first-order valence-corrected chi connectivity index (χ1v) is 10.3. The average Bonchev–Trinajstić information content (AvgIpc) is 2.82. The number of ether oxygens (including phenoxy) is 2. The standard InChI is InChI=1S/C25H24N2O3/c1-29-19-12-10-18(11-13-19)26-14-16-27(17-15-26)25(28)24-20-6-2-4-8-22(20)30-23-9-5-3-7-21(23)24/h2-13,24H,14-17H2,1H3. The normalized spacial score (nSPS) is 15.8. The first-order chi connectivity index (χ1) is 14.7. The molecule has 0 spiro atoms. The molecule has 2 heterocycles. The van der Waals surface area contributed by atoms with E-state index in [1.165, 1.54) is 0 Å². The van der Waals surface area contributed by atoms with E-state index >= 15 is 0 Å². The molecule has 0 aliphatic carbocycles. The number of nitrogens with zero attached hydrogens (tertiary/aromatic N) is 2. The van der Waals surface area contributed by atoms with E-state index in [4.69, 9.17) is 9.47 Å². The largest absolute Gasteiger partial charge is 0.497 e. The molecule has 0 saturated carbocycles. The first kappa shape index (κ1) is 18.6. The van der Waals surface area contributed by atoms with Crippen LogP contribution in [-0.4, -0.2) is 44.1 Å². The highest BCUT2D eigenvalue weighted by Crippen LogP contribution is 2.44. The Morgan fingerprint density at radius 1 is 0.833 bits per heavy atom. The zero-order valence-electron chi connectivity index (χ0n) is 17.0. The molecule has 3 aromatic rings. The molecule has 5 heteroatoms. The van der Waals surface area contributed by atoms with Crippen LogP contribution in [-0.2, 0) is 4.79 Å². The van der Waals surface area contributed by atoms with Gasteiger partial charge in [0.1, 0.15) is 17.2 Å². The van der Waals surface area contributed by atoms with Crippen molar-refractivity contribution in [2.75, 3.05) is 38.2 Å². The fourth-order valence-corrected chi connectivity index (χ4v) is 4.34. The van der Waals surface area contributed by atoms with Crippen LogP contribution in [0.15, 0.2) is 72.8 Å². The van der Waals surface area contributed by atoms with Crippen LogP contribution >= 0.6 is 0 Å². The molecular formula is C25H24N2O3. The van der Waals surface area contributed by atoms with Crippen LogP contribution in [0.3, 0.4) is 0 Å². The molecule has 5 nitrogen and oxygen atoms in total. The topological polar surface area (TPSA) is 42.0 Å². The van der Waals surface area contributed by atoms with Gasteiger partial charge in [-0.05, 0) is 36.4 Å². The Kier molecular flexibility index (Phi) is 4.79. The van der Waals surface area contributed by atoms with Gasteiger partial charge in [-0.25, -0.2) is 0 Å².